The molecule has 12 nitrogen and oxygen atoms in total. The molecule has 492 valence electrons. The fourth-order valence-electron chi connectivity index (χ4n) is 13.4. The van der Waals surface area contributed by atoms with E-state index in [4.69, 9.17) is 56.8 Å². The second-order valence-electron chi connectivity index (χ2n) is 26.0. The van der Waals surface area contributed by atoms with Gasteiger partial charge in [-0.1, -0.05) is 78.6 Å². The molecule has 0 saturated carbocycles. The molecule has 6 aromatic rings. The number of rotatable bonds is 24. The zero-order valence-corrected chi connectivity index (χ0v) is 65.3. The monoisotopic (exact) mass is 1330 g/mol. The van der Waals surface area contributed by atoms with E-state index < -0.39 is 48.4 Å². The van der Waals surface area contributed by atoms with E-state index in [1.165, 1.54) is 0 Å². The van der Waals surface area contributed by atoms with E-state index in [0.29, 0.717) is 79.3 Å². The van der Waals surface area contributed by atoms with Crippen molar-refractivity contribution < 1.29 is 56.8 Å². The zero-order valence-electron chi connectivity index (χ0n) is 59.3. The van der Waals surface area contributed by atoms with E-state index in [1.807, 2.05) is 0 Å². The Morgan fingerprint density at radius 2 is 0.222 bits per heavy atom. The Bertz CT molecular complexity index is 2680. The topological polar surface area (TPSA) is 111 Å². The summed E-state index contributed by atoms with van der Waals surface area (Å²) >= 11 is 0. The minimum Gasteiger partial charge on any atom is -0.494 e. The van der Waals surface area contributed by atoms with Gasteiger partial charge in [-0.25, -0.2) is 0 Å². The molecule has 0 aliphatic carbocycles. The van der Waals surface area contributed by atoms with Gasteiger partial charge in [0.05, 0.1) is 79.3 Å². The average Bonchev–Trinajstić information content (AvgIpc) is 0.782. The van der Waals surface area contributed by atoms with Gasteiger partial charge in [0.1, 0.15) is 117 Å². The van der Waals surface area contributed by atoms with Crippen LogP contribution in [-0.4, -0.2) is 128 Å². The van der Waals surface area contributed by atoms with Gasteiger partial charge in [0.15, 0.2) is 0 Å². The van der Waals surface area contributed by atoms with Gasteiger partial charge in [-0.2, -0.15) is 0 Å². The van der Waals surface area contributed by atoms with Crippen molar-refractivity contribution in [3.8, 4) is 69.0 Å². The third-order valence-corrected chi connectivity index (χ3v) is 39.0. The molecular formula is C72H108O12Si6. The number of ether oxygens (including phenoxy) is 12. The molecule has 18 heteroatoms. The van der Waals surface area contributed by atoms with Crippen LogP contribution in [0, 0.1) is 0 Å². The summed E-state index contributed by atoms with van der Waals surface area (Å²) in [5.74, 6) is 10.1. The molecule has 22 rings (SSSR count). The van der Waals surface area contributed by atoms with Crippen molar-refractivity contribution in [2.75, 3.05) is 79.3 Å². The molecule has 16 heterocycles. The molecule has 90 heavy (non-hydrogen) atoms. The Balaban J connectivity index is 1.71. The van der Waals surface area contributed by atoms with Crippen molar-refractivity contribution in [1.82, 2.24) is 0 Å². The second kappa shape index (κ2) is 29.4. The summed E-state index contributed by atoms with van der Waals surface area (Å²) in [6.45, 7) is 59.3. The van der Waals surface area contributed by atoms with Crippen LogP contribution in [0.1, 0.15) is 83.1 Å². The highest BCUT2D eigenvalue weighted by Crippen LogP contribution is 2.35. The highest BCUT2D eigenvalue weighted by atomic mass is 28.3. The van der Waals surface area contributed by atoms with Gasteiger partial charge in [-0.05, 0) is 218 Å². The zero-order chi connectivity index (χ0) is 66.3. The van der Waals surface area contributed by atoms with Gasteiger partial charge < -0.3 is 56.8 Å². The van der Waals surface area contributed by atoms with Gasteiger partial charge in [0.25, 0.3) is 0 Å². The standard InChI is InChI=1S/C72H108O12Si6/c1-25-73-49-37-62-50(74-26-2)38-61(49)85(13,14)63-39-52(76-28-4)65(40-51(63)75-27-3)87(17,18)67-43-56(80-32-8)69(44-55(67)79-31-7)89(21,22)71-47-60(84-36-12)72(48-59(71)83-35-11)90(23,24)70-46-57(81-33-9)68(45-58(70)82-34-10)88(19,20)66-42-53(77-29-5)64(86(62,15)16)41-54(66)78-30-6/h37-48H,25-36H2,1-24H3. The molecule has 0 saturated heterocycles. The molecule has 0 amide bonds. The van der Waals surface area contributed by atoms with Crippen molar-refractivity contribution >= 4 is 111 Å². The van der Waals surface area contributed by atoms with Crippen molar-refractivity contribution in [3.63, 3.8) is 0 Å². The molecule has 16 aliphatic heterocycles. The summed E-state index contributed by atoms with van der Waals surface area (Å²) in [5, 5.41) is 13.4. The van der Waals surface area contributed by atoms with Crippen molar-refractivity contribution in [2.24, 2.45) is 0 Å². The number of hydrogen-bond acceptors (Lipinski definition) is 12. The maximum absolute atomic E-state index is 6.89. The Morgan fingerprint density at radius 3 is 0.278 bits per heavy atom. The normalized spacial score (nSPS) is 15.7. The first kappa shape index (κ1) is 71.7. The highest BCUT2D eigenvalue weighted by Gasteiger charge is 2.45. The van der Waals surface area contributed by atoms with E-state index in [-0.39, 0.29) is 0 Å². The van der Waals surface area contributed by atoms with Crippen LogP contribution in [0.15, 0.2) is 72.8 Å². The lowest BCUT2D eigenvalue weighted by Crippen LogP contribution is -2.60. The van der Waals surface area contributed by atoms with E-state index in [2.05, 4.69) is 234 Å². The van der Waals surface area contributed by atoms with E-state index in [9.17, 15) is 0 Å². The molecule has 16 aliphatic rings. The van der Waals surface area contributed by atoms with Gasteiger partial charge in [-0.3, -0.25) is 0 Å². The van der Waals surface area contributed by atoms with Gasteiger partial charge >= 0.3 is 0 Å². The van der Waals surface area contributed by atoms with E-state index in [1.54, 1.807) is 0 Å². The first-order chi connectivity index (χ1) is 42.6. The fourth-order valence-corrected chi connectivity index (χ4v) is 30.2. The maximum Gasteiger partial charge on any atom is 0.122 e. The lowest BCUT2D eigenvalue weighted by molar-refractivity contribution is 0.333. The lowest BCUT2D eigenvalue weighted by Gasteiger charge is -2.36. The van der Waals surface area contributed by atoms with Gasteiger partial charge in [-0.15, -0.1) is 0 Å². The molecular weight excluding hydrogens is 1230 g/mol. The second-order valence-corrected chi connectivity index (χ2v) is 52.0. The largest absolute Gasteiger partial charge is 0.494 e. The Morgan fingerprint density at radius 1 is 0.156 bits per heavy atom. The minimum absolute atomic E-state index is 0.481. The van der Waals surface area contributed by atoms with Crippen LogP contribution >= 0.6 is 0 Å². The van der Waals surface area contributed by atoms with Crippen molar-refractivity contribution in [3.05, 3.63) is 72.8 Å². The number of benzene rings is 6. The first-order valence-electron chi connectivity index (χ1n) is 33.3. The fraction of sp³-hybridized carbons (Fsp3) is 0.500. The van der Waals surface area contributed by atoms with Crippen LogP contribution in [0.4, 0.5) is 0 Å². The maximum atomic E-state index is 6.89. The third-order valence-electron chi connectivity index (χ3n) is 18.2. The summed E-state index contributed by atoms with van der Waals surface area (Å²) < 4.78 is 82.7. The van der Waals surface area contributed by atoms with Crippen molar-refractivity contribution in [1.29, 1.82) is 0 Å². The summed E-state index contributed by atoms with van der Waals surface area (Å²) in [5.41, 5.74) is 0. The van der Waals surface area contributed by atoms with Crippen molar-refractivity contribution in [2.45, 2.75) is 162 Å². The molecule has 12 bridgehead atoms. The molecule has 0 N–H and O–H groups in total. The molecule has 0 aromatic heterocycles. The predicted octanol–water partition coefficient (Wildman–Crippen LogP) is 9.72. The Labute approximate surface area is 546 Å². The van der Waals surface area contributed by atoms with Crippen LogP contribution in [-0.2, 0) is 0 Å². The van der Waals surface area contributed by atoms with Gasteiger partial charge in [0.2, 0.25) is 0 Å². The Kier molecular flexibility index (Phi) is 23.4. The molecule has 0 spiro atoms. The van der Waals surface area contributed by atoms with Gasteiger partial charge in [0, 0.05) is 0 Å². The Hall–Kier alpha value is -5.78. The highest BCUT2D eigenvalue weighted by molar-refractivity contribution is 7.06. The van der Waals surface area contributed by atoms with Crippen LogP contribution in [0.5, 0.6) is 69.0 Å². The predicted molar refractivity (Wildman–Crippen MR) is 393 cm³/mol. The molecule has 0 unspecified atom stereocenters. The van der Waals surface area contributed by atoms with E-state index in [0.717, 1.165) is 131 Å². The molecule has 6 aromatic carbocycles. The lowest BCUT2D eigenvalue weighted by atomic mass is 10.3. The van der Waals surface area contributed by atoms with E-state index >= 15 is 0 Å². The minimum atomic E-state index is -2.81. The molecule has 0 radical (unpaired) electrons. The quantitative estimate of drug-likeness (QED) is 0.0539. The average molecular weight is 1330 g/mol. The number of hydrogen-bond donors (Lipinski definition) is 0. The summed E-state index contributed by atoms with van der Waals surface area (Å²) in [6.07, 6.45) is 0. The molecule has 0 fully saturated rings. The van der Waals surface area contributed by atoms with Crippen LogP contribution in [0.25, 0.3) is 0 Å². The van der Waals surface area contributed by atoms with Crippen LogP contribution < -0.4 is 119 Å². The summed E-state index contributed by atoms with van der Waals surface area (Å²) in [7, 11) is -16.9. The SMILES string of the molecule is CCOc1cc2c(OCC)cc1[Si](C)(C)c1cc(OCC)c(cc1OCC)[Si](C)(C)c1cc(OCC)c(cc1OCC)[Si](C)(C)c1cc(OCC)c(cc1OCC)[Si](C)(C)c1cc(OCC)c(cc1OCC)[Si](C)(C)c1cc(OCC)c(cc1OCC)[Si]2(C)C. The summed E-state index contributed by atoms with van der Waals surface area (Å²) in [6, 6.07) is 27.5. The first-order valence-corrected chi connectivity index (χ1v) is 51.3. The molecule has 0 atom stereocenters. The third kappa shape index (κ3) is 13.8. The van der Waals surface area contributed by atoms with Crippen LogP contribution in [0.2, 0.25) is 78.6 Å². The summed E-state index contributed by atoms with van der Waals surface area (Å²) in [4.78, 5) is 0. The van der Waals surface area contributed by atoms with Crippen LogP contribution in [0.3, 0.4) is 0 Å². The smallest absolute Gasteiger partial charge is 0.122 e.